The molecule has 0 amide bonds. The second-order valence-corrected chi connectivity index (χ2v) is 3.41. The number of hydrogen-bond donors (Lipinski definition) is 0. The van der Waals surface area contributed by atoms with Gasteiger partial charge in [0.1, 0.15) is 0 Å². The molecule has 72 valence electrons. The standard InChI is InChI=1S/C13H10N2/c1-10-6-11(9-14)8-12(7-10)13-4-2-3-5-15-13/h2-8H,1H3. The predicted molar refractivity (Wildman–Crippen MR) is 59.1 cm³/mol. The van der Waals surface area contributed by atoms with Gasteiger partial charge >= 0.3 is 0 Å². The Morgan fingerprint density at radius 1 is 1.20 bits per heavy atom. The minimum atomic E-state index is 0.677. The van der Waals surface area contributed by atoms with Gasteiger partial charge in [0.05, 0.1) is 17.3 Å². The van der Waals surface area contributed by atoms with Crippen LogP contribution in [0.5, 0.6) is 0 Å². The minimum absolute atomic E-state index is 0.677. The third-order valence-corrected chi connectivity index (χ3v) is 2.17. The first kappa shape index (κ1) is 9.42. The van der Waals surface area contributed by atoms with Crippen LogP contribution in [0.3, 0.4) is 0 Å². The molecule has 2 nitrogen and oxygen atoms in total. The normalized spacial score (nSPS) is 9.60. The molecule has 15 heavy (non-hydrogen) atoms. The van der Waals surface area contributed by atoms with E-state index < -0.39 is 0 Å². The van der Waals surface area contributed by atoms with E-state index >= 15 is 0 Å². The maximum Gasteiger partial charge on any atom is 0.0991 e. The zero-order valence-electron chi connectivity index (χ0n) is 8.44. The van der Waals surface area contributed by atoms with Crippen LogP contribution >= 0.6 is 0 Å². The van der Waals surface area contributed by atoms with Crippen LogP contribution in [0, 0.1) is 18.3 Å². The van der Waals surface area contributed by atoms with Gasteiger partial charge in [0.15, 0.2) is 0 Å². The van der Waals surface area contributed by atoms with Crippen LogP contribution in [-0.2, 0) is 0 Å². The quantitative estimate of drug-likeness (QED) is 0.699. The number of hydrogen-bond acceptors (Lipinski definition) is 2. The van der Waals surface area contributed by atoms with Crippen molar-refractivity contribution in [2.45, 2.75) is 6.92 Å². The highest BCUT2D eigenvalue weighted by Gasteiger charge is 2.01. The Labute approximate surface area is 88.8 Å². The summed E-state index contributed by atoms with van der Waals surface area (Å²) < 4.78 is 0. The van der Waals surface area contributed by atoms with Gasteiger partial charge in [0.2, 0.25) is 0 Å². The minimum Gasteiger partial charge on any atom is -0.256 e. The van der Waals surface area contributed by atoms with Crippen LogP contribution in [0.15, 0.2) is 42.6 Å². The summed E-state index contributed by atoms with van der Waals surface area (Å²) in [6, 6.07) is 13.7. The zero-order chi connectivity index (χ0) is 10.7. The van der Waals surface area contributed by atoms with Crippen molar-refractivity contribution in [3.63, 3.8) is 0 Å². The van der Waals surface area contributed by atoms with E-state index in [1.165, 1.54) is 0 Å². The first-order valence-corrected chi connectivity index (χ1v) is 4.73. The number of nitriles is 1. The summed E-state index contributed by atoms with van der Waals surface area (Å²) in [5.74, 6) is 0. The number of nitrogens with zero attached hydrogens (tertiary/aromatic N) is 2. The van der Waals surface area contributed by atoms with Crippen molar-refractivity contribution in [3.05, 3.63) is 53.7 Å². The van der Waals surface area contributed by atoms with Gasteiger partial charge in [-0.3, -0.25) is 4.98 Å². The lowest BCUT2D eigenvalue weighted by Gasteiger charge is -2.02. The third kappa shape index (κ3) is 2.03. The molecular weight excluding hydrogens is 184 g/mol. The average molecular weight is 194 g/mol. The Morgan fingerprint density at radius 3 is 2.73 bits per heavy atom. The van der Waals surface area contributed by atoms with Crippen molar-refractivity contribution in [1.82, 2.24) is 4.98 Å². The zero-order valence-corrected chi connectivity index (χ0v) is 8.44. The highest BCUT2D eigenvalue weighted by atomic mass is 14.7. The molecule has 0 bridgehead atoms. The van der Waals surface area contributed by atoms with Crippen LogP contribution in [0.2, 0.25) is 0 Å². The lowest BCUT2D eigenvalue weighted by atomic mass is 10.0. The van der Waals surface area contributed by atoms with E-state index in [0.29, 0.717) is 5.56 Å². The molecule has 0 unspecified atom stereocenters. The molecule has 1 aromatic carbocycles. The van der Waals surface area contributed by atoms with E-state index in [1.807, 2.05) is 43.3 Å². The molecule has 0 saturated heterocycles. The first-order valence-electron chi connectivity index (χ1n) is 4.73. The summed E-state index contributed by atoms with van der Waals surface area (Å²) in [6.07, 6.45) is 1.75. The largest absolute Gasteiger partial charge is 0.256 e. The van der Waals surface area contributed by atoms with Crippen LogP contribution < -0.4 is 0 Å². The van der Waals surface area contributed by atoms with Gasteiger partial charge in [0.25, 0.3) is 0 Å². The maximum absolute atomic E-state index is 8.86. The Kier molecular flexibility index (Phi) is 2.47. The smallest absolute Gasteiger partial charge is 0.0991 e. The number of aromatic nitrogens is 1. The Balaban J connectivity index is 2.55. The van der Waals surface area contributed by atoms with Crippen LogP contribution in [-0.4, -0.2) is 4.98 Å². The molecular formula is C13H10N2. The summed E-state index contributed by atoms with van der Waals surface area (Å²) >= 11 is 0. The van der Waals surface area contributed by atoms with Gasteiger partial charge in [0, 0.05) is 11.8 Å². The Hall–Kier alpha value is -2.14. The molecule has 0 atom stereocenters. The van der Waals surface area contributed by atoms with E-state index in [0.717, 1.165) is 16.8 Å². The van der Waals surface area contributed by atoms with E-state index in [-0.39, 0.29) is 0 Å². The molecule has 1 aromatic heterocycles. The molecule has 0 aliphatic heterocycles. The molecule has 0 radical (unpaired) electrons. The summed E-state index contributed by atoms with van der Waals surface area (Å²) in [4.78, 5) is 4.26. The van der Waals surface area contributed by atoms with Gasteiger partial charge < -0.3 is 0 Å². The molecule has 2 heteroatoms. The summed E-state index contributed by atoms with van der Waals surface area (Å²) in [5, 5.41) is 8.86. The van der Waals surface area contributed by atoms with Crippen molar-refractivity contribution in [2.24, 2.45) is 0 Å². The van der Waals surface area contributed by atoms with Crippen LogP contribution in [0.1, 0.15) is 11.1 Å². The van der Waals surface area contributed by atoms with Gasteiger partial charge in [-0.2, -0.15) is 5.26 Å². The first-order chi connectivity index (χ1) is 7.29. The molecule has 0 spiro atoms. The molecule has 2 aromatic rings. The van der Waals surface area contributed by atoms with Crippen molar-refractivity contribution >= 4 is 0 Å². The lowest BCUT2D eigenvalue weighted by molar-refractivity contribution is 1.31. The van der Waals surface area contributed by atoms with Crippen molar-refractivity contribution in [3.8, 4) is 17.3 Å². The molecule has 0 saturated carbocycles. The molecule has 0 fully saturated rings. The fourth-order valence-electron chi connectivity index (χ4n) is 1.53. The summed E-state index contributed by atoms with van der Waals surface area (Å²) in [6.45, 7) is 1.98. The fraction of sp³-hybridized carbons (Fsp3) is 0.0769. The van der Waals surface area contributed by atoms with E-state index in [4.69, 9.17) is 5.26 Å². The van der Waals surface area contributed by atoms with Gasteiger partial charge in [-0.25, -0.2) is 0 Å². The van der Waals surface area contributed by atoms with Crippen LogP contribution in [0.4, 0.5) is 0 Å². The number of benzene rings is 1. The van der Waals surface area contributed by atoms with Crippen molar-refractivity contribution in [2.75, 3.05) is 0 Å². The molecule has 2 rings (SSSR count). The number of pyridine rings is 1. The molecule has 0 N–H and O–H groups in total. The lowest BCUT2D eigenvalue weighted by Crippen LogP contribution is -1.85. The summed E-state index contributed by atoms with van der Waals surface area (Å²) in [5.41, 5.74) is 3.65. The maximum atomic E-state index is 8.86. The summed E-state index contributed by atoms with van der Waals surface area (Å²) in [7, 11) is 0. The second kappa shape index (κ2) is 3.93. The highest BCUT2D eigenvalue weighted by Crippen LogP contribution is 2.19. The third-order valence-electron chi connectivity index (χ3n) is 2.17. The van der Waals surface area contributed by atoms with Crippen molar-refractivity contribution in [1.29, 1.82) is 5.26 Å². The van der Waals surface area contributed by atoms with Crippen LogP contribution in [0.25, 0.3) is 11.3 Å². The SMILES string of the molecule is Cc1cc(C#N)cc(-c2ccccn2)c1. The highest BCUT2D eigenvalue weighted by molar-refractivity contribution is 5.62. The van der Waals surface area contributed by atoms with E-state index in [2.05, 4.69) is 11.1 Å². The molecule has 1 heterocycles. The second-order valence-electron chi connectivity index (χ2n) is 3.41. The number of rotatable bonds is 1. The Bertz CT molecular complexity index is 510. The molecule has 0 aliphatic carbocycles. The van der Waals surface area contributed by atoms with Gasteiger partial charge in [-0.1, -0.05) is 6.07 Å². The number of aryl methyl sites for hydroxylation is 1. The molecule has 0 aliphatic rings. The monoisotopic (exact) mass is 194 g/mol. The van der Waals surface area contributed by atoms with E-state index in [9.17, 15) is 0 Å². The average Bonchev–Trinajstić information content (AvgIpc) is 2.29. The van der Waals surface area contributed by atoms with Gasteiger partial charge in [-0.15, -0.1) is 0 Å². The predicted octanol–water partition coefficient (Wildman–Crippen LogP) is 2.93. The fourth-order valence-corrected chi connectivity index (χ4v) is 1.53. The topological polar surface area (TPSA) is 36.7 Å². The van der Waals surface area contributed by atoms with Gasteiger partial charge in [-0.05, 0) is 42.8 Å². The van der Waals surface area contributed by atoms with Crippen molar-refractivity contribution < 1.29 is 0 Å². The van der Waals surface area contributed by atoms with E-state index in [1.54, 1.807) is 6.20 Å². The Morgan fingerprint density at radius 2 is 2.07 bits per heavy atom.